The molecule has 16 heavy (non-hydrogen) atoms. The van der Waals surface area contributed by atoms with E-state index in [1.807, 2.05) is 6.07 Å². The van der Waals surface area contributed by atoms with E-state index in [4.69, 9.17) is 5.11 Å². The van der Waals surface area contributed by atoms with Gasteiger partial charge in [-0.25, -0.2) is 0 Å². The molecule has 1 aromatic carbocycles. The zero-order valence-corrected chi connectivity index (χ0v) is 10.1. The van der Waals surface area contributed by atoms with E-state index in [1.165, 1.54) is 0 Å². The third-order valence-corrected chi connectivity index (χ3v) is 2.92. The molecule has 0 spiro atoms. The predicted octanol–water partition coefficient (Wildman–Crippen LogP) is 1.77. The van der Waals surface area contributed by atoms with Gasteiger partial charge in [0.1, 0.15) is 5.75 Å². The molecule has 0 radical (unpaired) electrons. The highest BCUT2D eigenvalue weighted by Gasteiger charge is 2.05. The van der Waals surface area contributed by atoms with Gasteiger partial charge in [-0.1, -0.05) is 19.9 Å². The van der Waals surface area contributed by atoms with Gasteiger partial charge in [0.2, 0.25) is 0 Å². The molecule has 0 heterocycles. The van der Waals surface area contributed by atoms with Gasteiger partial charge in [-0.3, -0.25) is 0 Å². The first kappa shape index (κ1) is 13.0. The summed E-state index contributed by atoms with van der Waals surface area (Å²) in [5.41, 5.74) is 1.77. The smallest absolute Gasteiger partial charge is 0.118 e. The van der Waals surface area contributed by atoms with Crippen molar-refractivity contribution in [1.29, 1.82) is 0 Å². The minimum absolute atomic E-state index is 0.0263. The second kappa shape index (κ2) is 6.51. The predicted molar refractivity (Wildman–Crippen MR) is 65.5 cm³/mol. The number of aliphatic hydroxyl groups excluding tert-OH is 1. The topological polar surface area (TPSA) is 43.7 Å². The number of phenols is 1. The van der Waals surface area contributed by atoms with Crippen LogP contribution in [0.4, 0.5) is 0 Å². The number of rotatable bonds is 6. The highest BCUT2D eigenvalue weighted by atomic mass is 16.3. The Morgan fingerprint density at radius 1 is 1.19 bits per heavy atom. The van der Waals surface area contributed by atoms with Crippen molar-refractivity contribution in [3.8, 4) is 5.75 Å². The lowest BCUT2D eigenvalue weighted by atomic mass is 10.1. The number of benzene rings is 1. The van der Waals surface area contributed by atoms with Gasteiger partial charge in [0.15, 0.2) is 0 Å². The van der Waals surface area contributed by atoms with Crippen molar-refractivity contribution in [3.63, 3.8) is 0 Å². The molecule has 0 saturated heterocycles. The molecule has 0 amide bonds. The maximum Gasteiger partial charge on any atom is 0.118 e. The minimum Gasteiger partial charge on any atom is -0.508 e. The Balaban J connectivity index is 2.65. The van der Waals surface area contributed by atoms with Crippen molar-refractivity contribution in [2.75, 3.05) is 19.6 Å². The van der Waals surface area contributed by atoms with Gasteiger partial charge in [-0.2, -0.15) is 0 Å². The molecule has 0 aliphatic rings. The molecular formula is C13H21NO2. The molecule has 0 saturated carbocycles. The molecule has 0 fully saturated rings. The van der Waals surface area contributed by atoms with E-state index in [1.54, 1.807) is 12.1 Å². The summed E-state index contributed by atoms with van der Waals surface area (Å²) in [6, 6.07) is 5.28. The highest BCUT2D eigenvalue weighted by molar-refractivity contribution is 5.36. The Kier molecular flexibility index (Phi) is 5.29. The molecule has 0 bridgehead atoms. The van der Waals surface area contributed by atoms with Gasteiger partial charge >= 0.3 is 0 Å². The van der Waals surface area contributed by atoms with E-state index in [2.05, 4.69) is 18.7 Å². The van der Waals surface area contributed by atoms with Crippen LogP contribution in [0.25, 0.3) is 0 Å². The van der Waals surface area contributed by atoms with Crippen LogP contribution in [0.2, 0.25) is 0 Å². The third kappa shape index (κ3) is 3.51. The number of aromatic hydroxyl groups is 1. The Morgan fingerprint density at radius 2 is 1.88 bits per heavy atom. The van der Waals surface area contributed by atoms with Gasteiger partial charge in [0.05, 0.1) is 6.61 Å². The molecule has 1 aromatic rings. The first-order valence-electron chi connectivity index (χ1n) is 5.85. The monoisotopic (exact) mass is 223 g/mol. The van der Waals surface area contributed by atoms with Crippen molar-refractivity contribution in [3.05, 3.63) is 29.3 Å². The van der Waals surface area contributed by atoms with Gasteiger partial charge in [0.25, 0.3) is 0 Å². The molecule has 0 aliphatic carbocycles. The second-order valence-corrected chi connectivity index (χ2v) is 3.90. The first-order chi connectivity index (χ1) is 7.71. The molecule has 1 rings (SSSR count). The van der Waals surface area contributed by atoms with Gasteiger partial charge in [-0.15, -0.1) is 0 Å². The van der Waals surface area contributed by atoms with E-state index in [0.29, 0.717) is 5.75 Å². The summed E-state index contributed by atoms with van der Waals surface area (Å²) in [4.78, 5) is 2.31. The maximum absolute atomic E-state index is 9.69. The van der Waals surface area contributed by atoms with E-state index >= 15 is 0 Å². The molecule has 0 aliphatic heterocycles. The summed E-state index contributed by atoms with van der Waals surface area (Å²) in [5, 5.41) is 18.7. The zero-order chi connectivity index (χ0) is 12.0. The summed E-state index contributed by atoms with van der Waals surface area (Å²) in [5.74, 6) is 0.323. The number of likely N-dealkylation sites (N-methyl/N-ethyl adjacent to an activating group) is 1. The van der Waals surface area contributed by atoms with Crippen LogP contribution in [0.5, 0.6) is 5.75 Å². The molecular weight excluding hydrogens is 202 g/mol. The van der Waals surface area contributed by atoms with E-state index in [9.17, 15) is 5.11 Å². The minimum atomic E-state index is 0.0263. The van der Waals surface area contributed by atoms with Crippen LogP contribution in [0.3, 0.4) is 0 Å². The van der Waals surface area contributed by atoms with E-state index < -0.39 is 0 Å². The SMILES string of the molecule is CCN(CC)CCc1cc(CO)ccc1O. The second-order valence-electron chi connectivity index (χ2n) is 3.90. The molecule has 0 unspecified atom stereocenters. The number of hydrogen-bond acceptors (Lipinski definition) is 3. The van der Waals surface area contributed by atoms with Crippen molar-refractivity contribution in [1.82, 2.24) is 4.90 Å². The number of hydrogen-bond donors (Lipinski definition) is 2. The van der Waals surface area contributed by atoms with Gasteiger partial charge < -0.3 is 15.1 Å². The lowest BCUT2D eigenvalue weighted by Gasteiger charge is -2.18. The summed E-state index contributed by atoms with van der Waals surface area (Å²) in [6.07, 6.45) is 0.821. The fourth-order valence-electron chi connectivity index (χ4n) is 1.76. The van der Waals surface area contributed by atoms with Crippen LogP contribution >= 0.6 is 0 Å². The standard InChI is InChI=1S/C13H21NO2/c1-3-14(4-2)8-7-12-9-11(10-15)5-6-13(12)16/h5-6,9,15-16H,3-4,7-8,10H2,1-2H3. The average Bonchev–Trinajstić information content (AvgIpc) is 2.32. The largest absolute Gasteiger partial charge is 0.508 e. The number of aliphatic hydroxyl groups is 1. The lowest BCUT2D eigenvalue weighted by Crippen LogP contribution is -2.25. The van der Waals surface area contributed by atoms with Gasteiger partial charge in [-0.05, 0) is 42.8 Å². The van der Waals surface area contributed by atoms with Crippen molar-refractivity contribution in [2.45, 2.75) is 26.9 Å². The molecule has 0 aromatic heterocycles. The molecule has 0 atom stereocenters. The first-order valence-corrected chi connectivity index (χ1v) is 5.85. The Labute approximate surface area is 97.3 Å². The summed E-state index contributed by atoms with van der Waals surface area (Å²) in [7, 11) is 0. The highest BCUT2D eigenvalue weighted by Crippen LogP contribution is 2.19. The van der Waals surface area contributed by atoms with E-state index in [0.717, 1.165) is 37.2 Å². The van der Waals surface area contributed by atoms with Crippen LogP contribution in [0.15, 0.2) is 18.2 Å². The Bertz CT molecular complexity index is 322. The van der Waals surface area contributed by atoms with Crippen molar-refractivity contribution >= 4 is 0 Å². The Morgan fingerprint density at radius 3 is 2.44 bits per heavy atom. The third-order valence-electron chi connectivity index (χ3n) is 2.92. The number of phenolic OH excluding ortho intramolecular Hbond substituents is 1. The van der Waals surface area contributed by atoms with Crippen LogP contribution in [-0.4, -0.2) is 34.7 Å². The van der Waals surface area contributed by atoms with Crippen LogP contribution in [0.1, 0.15) is 25.0 Å². The number of nitrogens with zero attached hydrogens (tertiary/aromatic N) is 1. The molecule has 2 N–H and O–H groups in total. The fraction of sp³-hybridized carbons (Fsp3) is 0.538. The average molecular weight is 223 g/mol. The normalized spacial score (nSPS) is 11.0. The van der Waals surface area contributed by atoms with E-state index in [-0.39, 0.29) is 6.61 Å². The summed E-state index contributed by atoms with van der Waals surface area (Å²) in [6.45, 7) is 7.28. The van der Waals surface area contributed by atoms with Crippen LogP contribution in [-0.2, 0) is 13.0 Å². The summed E-state index contributed by atoms with van der Waals surface area (Å²) >= 11 is 0. The Hall–Kier alpha value is -1.06. The summed E-state index contributed by atoms with van der Waals surface area (Å²) < 4.78 is 0. The molecule has 3 nitrogen and oxygen atoms in total. The van der Waals surface area contributed by atoms with Crippen molar-refractivity contribution in [2.24, 2.45) is 0 Å². The van der Waals surface area contributed by atoms with Gasteiger partial charge in [0, 0.05) is 6.54 Å². The molecule has 90 valence electrons. The fourth-order valence-corrected chi connectivity index (χ4v) is 1.76. The van der Waals surface area contributed by atoms with Crippen LogP contribution < -0.4 is 0 Å². The van der Waals surface area contributed by atoms with Crippen LogP contribution in [0, 0.1) is 0 Å². The quantitative estimate of drug-likeness (QED) is 0.772. The lowest BCUT2D eigenvalue weighted by molar-refractivity contribution is 0.281. The maximum atomic E-state index is 9.69. The molecule has 3 heteroatoms. The zero-order valence-electron chi connectivity index (χ0n) is 10.1. The van der Waals surface area contributed by atoms with Crippen molar-refractivity contribution < 1.29 is 10.2 Å².